The molecular weight excluding hydrogens is 234 g/mol. The van der Waals surface area contributed by atoms with E-state index in [0.717, 1.165) is 5.75 Å². The van der Waals surface area contributed by atoms with Crippen molar-refractivity contribution in [3.05, 3.63) is 18.5 Å². The molecule has 1 aromatic rings. The van der Waals surface area contributed by atoms with E-state index >= 15 is 0 Å². The molecule has 0 radical (unpaired) electrons. The van der Waals surface area contributed by atoms with Crippen molar-refractivity contribution in [2.45, 2.75) is 4.90 Å². The largest absolute Gasteiger partial charge is 0.398 e. The van der Waals surface area contributed by atoms with Crippen molar-refractivity contribution in [2.75, 3.05) is 24.3 Å². The lowest BCUT2D eigenvalue weighted by atomic mass is 10.4. The van der Waals surface area contributed by atoms with Crippen molar-refractivity contribution in [3.8, 4) is 0 Å². The van der Waals surface area contributed by atoms with Gasteiger partial charge in [0.2, 0.25) is 10.0 Å². The Morgan fingerprint density at radius 1 is 1.60 bits per heavy atom. The first-order chi connectivity index (χ1) is 7.08. The Labute approximate surface area is 93.5 Å². The Balaban J connectivity index is 2.83. The standard InChI is InChI=1S/C8H13N3O2S2/c1-14-5-4-11-15(12,13)8-6-10-3-2-7(8)9/h2-3,6,11H,4-5H2,1H3,(H2,9,10). The summed E-state index contributed by atoms with van der Waals surface area (Å²) in [7, 11) is -3.51. The number of nitrogen functional groups attached to an aromatic ring is 1. The third-order valence-corrected chi connectivity index (χ3v) is 3.82. The third-order valence-electron chi connectivity index (χ3n) is 1.70. The van der Waals surface area contributed by atoms with Gasteiger partial charge in [0.05, 0.1) is 5.69 Å². The fourth-order valence-electron chi connectivity index (χ4n) is 0.971. The van der Waals surface area contributed by atoms with Crippen LogP contribution in [0.25, 0.3) is 0 Å². The van der Waals surface area contributed by atoms with Crippen molar-refractivity contribution in [2.24, 2.45) is 0 Å². The third kappa shape index (κ3) is 3.37. The molecule has 15 heavy (non-hydrogen) atoms. The SMILES string of the molecule is CSCCNS(=O)(=O)c1cnccc1N. The molecule has 0 bridgehead atoms. The summed E-state index contributed by atoms with van der Waals surface area (Å²) in [6, 6.07) is 1.46. The van der Waals surface area contributed by atoms with Crippen molar-refractivity contribution in [1.29, 1.82) is 0 Å². The maximum absolute atomic E-state index is 11.7. The predicted molar refractivity (Wildman–Crippen MR) is 62.2 cm³/mol. The van der Waals surface area contributed by atoms with E-state index in [1.807, 2.05) is 6.26 Å². The highest BCUT2D eigenvalue weighted by Gasteiger charge is 2.16. The molecule has 0 saturated heterocycles. The maximum Gasteiger partial charge on any atom is 0.244 e. The molecule has 0 aliphatic heterocycles. The van der Waals surface area contributed by atoms with Crippen LogP contribution in [0.15, 0.2) is 23.4 Å². The number of pyridine rings is 1. The molecule has 0 aliphatic rings. The minimum atomic E-state index is -3.51. The van der Waals surface area contributed by atoms with Gasteiger partial charge in [0.15, 0.2) is 0 Å². The molecule has 1 aromatic heterocycles. The molecular formula is C8H13N3O2S2. The average molecular weight is 247 g/mol. The van der Waals surface area contributed by atoms with Crippen LogP contribution in [-0.4, -0.2) is 32.0 Å². The van der Waals surface area contributed by atoms with E-state index in [1.54, 1.807) is 11.8 Å². The first-order valence-corrected chi connectivity index (χ1v) is 7.13. The molecule has 0 aromatic carbocycles. The molecule has 7 heteroatoms. The van der Waals surface area contributed by atoms with E-state index in [9.17, 15) is 8.42 Å². The van der Waals surface area contributed by atoms with Crippen LogP contribution in [0.5, 0.6) is 0 Å². The van der Waals surface area contributed by atoms with Gasteiger partial charge in [-0.05, 0) is 12.3 Å². The number of hydrogen-bond acceptors (Lipinski definition) is 5. The predicted octanol–water partition coefficient (Wildman–Crippen LogP) is 0.305. The number of rotatable bonds is 5. The van der Waals surface area contributed by atoms with Gasteiger partial charge in [0.1, 0.15) is 4.90 Å². The Hall–Kier alpha value is -0.790. The van der Waals surface area contributed by atoms with Gasteiger partial charge in [-0.25, -0.2) is 13.1 Å². The Kier molecular flexibility index (Phi) is 4.37. The summed E-state index contributed by atoms with van der Waals surface area (Å²) in [6.45, 7) is 0.387. The molecule has 0 unspecified atom stereocenters. The van der Waals surface area contributed by atoms with Crippen LogP contribution in [-0.2, 0) is 10.0 Å². The molecule has 0 amide bonds. The molecule has 0 fully saturated rings. The normalized spacial score (nSPS) is 11.5. The van der Waals surface area contributed by atoms with Gasteiger partial charge in [0.25, 0.3) is 0 Å². The molecule has 0 aliphatic carbocycles. The highest BCUT2D eigenvalue weighted by molar-refractivity contribution is 7.98. The van der Waals surface area contributed by atoms with E-state index in [1.165, 1.54) is 18.5 Å². The quantitative estimate of drug-likeness (QED) is 0.731. The number of nitrogens with two attached hydrogens (primary N) is 1. The molecule has 0 atom stereocenters. The summed E-state index contributed by atoms with van der Waals surface area (Å²) in [5.74, 6) is 0.722. The Bertz CT molecular complexity index is 420. The van der Waals surface area contributed by atoms with Gasteiger partial charge < -0.3 is 5.73 Å². The molecule has 3 N–H and O–H groups in total. The summed E-state index contributed by atoms with van der Waals surface area (Å²) in [5, 5.41) is 0. The lowest BCUT2D eigenvalue weighted by Gasteiger charge is -2.07. The topological polar surface area (TPSA) is 85.1 Å². The summed E-state index contributed by atoms with van der Waals surface area (Å²) < 4.78 is 25.8. The minimum Gasteiger partial charge on any atom is -0.398 e. The van der Waals surface area contributed by atoms with E-state index in [4.69, 9.17) is 5.73 Å². The van der Waals surface area contributed by atoms with Crippen LogP contribution < -0.4 is 10.5 Å². The van der Waals surface area contributed by atoms with Gasteiger partial charge in [-0.15, -0.1) is 0 Å². The molecule has 0 saturated carbocycles. The van der Waals surface area contributed by atoms with Crippen LogP contribution in [0.3, 0.4) is 0 Å². The second kappa shape index (κ2) is 5.34. The van der Waals surface area contributed by atoms with Crippen LogP contribution in [0, 0.1) is 0 Å². The smallest absolute Gasteiger partial charge is 0.244 e. The van der Waals surface area contributed by atoms with Crippen LogP contribution in [0.1, 0.15) is 0 Å². The minimum absolute atomic E-state index is 0.0334. The molecule has 1 heterocycles. The lowest BCUT2D eigenvalue weighted by Crippen LogP contribution is -2.26. The highest BCUT2D eigenvalue weighted by Crippen LogP contribution is 2.14. The van der Waals surface area contributed by atoms with Crippen LogP contribution >= 0.6 is 11.8 Å². The van der Waals surface area contributed by atoms with E-state index in [2.05, 4.69) is 9.71 Å². The zero-order valence-corrected chi connectivity index (χ0v) is 9.94. The van der Waals surface area contributed by atoms with E-state index in [0.29, 0.717) is 6.54 Å². The first-order valence-electron chi connectivity index (χ1n) is 4.26. The van der Waals surface area contributed by atoms with E-state index in [-0.39, 0.29) is 10.6 Å². The van der Waals surface area contributed by atoms with Crippen molar-refractivity contribution in [3.63, 3.8) is 0 Å². The van der Waals surface area contributed by atoms with Crippen molar-refractivity contribution < 1.29 is 8.42 Å². The van der Waals surface area contributed by atoms with Crippen molar-refractivity contribution in [1.82, 2.24) is 9.71 Å². The van der Waals surface area contributed by atoms with E-state index < -0.39 is 10.0 Å². The highest BCUT2D eigenvalue weighted by atomic mass is 32.2. The number of aromatic nitrogens is 1. The molecule has 84 valence electrons. The number of thioether (sulfide) groups is 1. The summed E-state index contributed by atoms with van der Waals surface area (Å²) >= 11 is 1.57. The average Bonchev–Trinajstić information content (AvgIpc) is 2.18. The molecule has 1 rings (SSSR count). The second-order valence-electron chi connectivity index (χ2n) is 2.80. The summed E-state index contributed by atoms with van der Waals surface area (Å²) in [4.78, 5) is 3.77. The van der Waals surface area contributed by atoms with Gasteiger partial charge in [-0.1, -0.05) is 0 Å². The Morgan fingerprint density at radius 2 is 2.33 bits per heavy atom. The Morgan fingerprint density at radius 3 is 2.93 bits per heavy atom. The number of hydrogen-bond donors (Lipinski definition) is 2. The summed E-state index contributed by atoms with van der Waals surface area (Å²) in [6.07, 6.45) is 4.61. The first kappa shape index (κ1) is 12.3. The van der Waals surface area contributed by atoms with Gasteiger partial charge in [-0.3, -0.25) is 4.98 Å². The van der Waals surface area contributed by atoms with Gasteiger partial charge in [0, 0.05) is 24.7 Å². The van der Waals surface area contributed by atoms with Gasteiger partial charge >= 0.3 is 0 Å². The zero-order chi connectivity index (χ0) is 11.3. The second-order valence-corrected chi connectivity index (χ2v) is 5.53. The fourth-order valence-corrected chi connectivity index (χ4v) is 2.51. The number of nitrogens with one attached hydrogen (secondary N) is 1. The van der Waals surface area contributed by atoms with Crippen molar-refractivity contribution >= 4 is 27.5 Å². The molecule has 0 spiro atoms. The van der Waals surface area contributed by atoms with Crippen LogP contribution in [0.2, 0.25) is 0 Å². The number of nitrogens with zero attached hydrogens (tertiary/aromatic N) is 1. The zero-order valence-electron chi connectivity index (χ0n) is 8.30. The maximum atomic E-state index is 11.7. The fraction of sp³-hybridized carbons (Fsp3) is 0.375. The van der Waals surface area contributed by atoms with Crippen LogP contribution in [0.4, 0.5) is 5.69 Å². The van der Waals surface area contributed by atoms with Gasteiger partial charge in [-0.2, -0.15) is 11.8 Å². The number of anilines is 1. The lowest BCUT2D eigenvalue weighted by molar-refractivity contribution is 0.584. The summed E-state index contributed by atoms with van der Waals surface area (Å²) in [5.41, 5.74) is 5.76. The molecule has 5 nitrogen and oxygen atoms in total. The number of sulfonamides is 1. The monoisotopic (exact) mass is 247 g/mol.